The highest BCUT2D eigenvalue weighted by Crippen LogP contribution is 2.17. The Morgan fingerprint density at radius 3 is 2.27 bits per heavy atom. The van der Waals surface area contributed by atoms with E-state index >= 15 is 0 Å². The SMILES string of the molecule is CC(C)(C)NC(=O)CN(Cc1ccc(C(=O)NO)cc1F)C(=O)c1ccccc1F. The summed E-state index contributed by atoms with van der Waals surface area (Å²) in [5.74, 6) is -3.76. The standard InChI is InChI=1S/C21H23F2N3O4/c1-21(2,3)24-18(27)12-26(20(29)15-6-4-5-7-16(15)22)11-14-9-8-13(10-17(14)23)19(28)25-30/h4-10,30H,11-12H2,1-3H3,(H,24,27)(H,25,28). The third kappa shape index (κ3) is 6.08. The third-order valence-electron chi connectivity index (χ3n) is 4.02. The Labute approximate surface area is 172 Å². The van der Waals surface area contributed by atoms with E-state index in [1.54, 1.807) is 20.8 Å². The minimum atomic E-state index is -0.899. The molecule has 0 aromatic heterocycles. The van der Waals surface area contributed by atoms with Crippen LogP contribution < -0.4 is 10.8 Å². The van der Waals surface area contributed by atoms with E-state index in [9.17, 15) is 23.2 Å². The van der Waals surface area contributed by atoms with Crippen LogP contribution in [0, 0.1) is 11.6 Å². The summed E-state index contributed by atoms with van der Waals surface area (Å²) in [7, 11) is 0. The molecule has 3 amide bonds. The van der Waals surface area contributed by atoms with Gasteiger partial charge in [-0.3, -0.25) is 19.6 Å². The number of halogens is 2. The van der Waals surface area contributed by atoms with Gasteiger partial charge in [0.05, 0.1) is 5.56 Å². The molecule has 0 bridgehead atoms. The summed E-state index contributed by atoms with van der Waals surface area (Å²) in [4.78, 5) is 37.7. The summed E-state index contributed by atoms with van der Waals surface area (Å²) >= 11 is 0. The van der Waals surface area contributed by atoms with Gasteiger partial charge in [-0.1, -0.05) is 18.2 Å². The van der Waals surface area contributed by atoms with Crippen LogP contribution in [0.25, 0.3) is 0 Å². The normalized spacial score (nSPS) is 11.0. The minimum absolute atomic E-state index is 0.0118. The Balaban J connectivity index is 2.34. The molecule has 0 saturated heterocycles. The van der Waals surface area contributed by atoms with Gasteiger partial charge in [0.1, 0.15) is 18.2 Å². The zero-order chi connectivity index (χ0) is 22.5. The molecule has 0 aliphatic heterocycles. The second-order valence-electron chi connectivity index (χ2n) is 7.69. The molecule has 0 fully saturated rings. The predicted molar refractivity (Wildman–Crippen MR) is 105 cm³/mol. The first-order valence-electron chi connectivity index (χ1n) is 9.09. The van der Waals surface area contributed by atoms with E-state index in [1.165, 1.54) is 35.8 Å². The monoisotopic (exact) mass is 419 g/mol. The number of hydroxylamine groups is 1. The van der Waals surface area contributed by atoms with Crippen LogP contribution >= 0.6 is 0 Å². The van der Waals surface area contributed by atoms with Crippen LogP contribution in [0.5, 0.6) is 0 Å². The van der Waals surface area contributed by atoms with Crippen LogP contribution in [0.2, 0.25) is 0 Å². The molecule has 160 valence electrons. The maximum Gasteiger partial charge on any atom is 0.274 e. The Morgan fingerprint density at radius 1 is 1.03 bits per heavy atom. The summed E-state index contributed by atoms with van der Waals surface area (Å²) in [6, 6.07) is 8.69. The van der Waals surface area contributed by atoms with E-state index in [1.807, 2.05) is 0 Å². The summed E-state index contributed by atoms with van der Waals surface area (Å²) in [6.45, 7) is 4.52. The largest absolute Gasteiger partial charge is 0.350 e. The van der Waals surface area contributed by atoms with Gasteiger partial charge in [0.2, 0.25) is 5.91 Å². The van der Waals surface area contributed by atoms with Gasteiger partial charge in [0.15, 0.2) is 0 Å². The lowest BCUT2D eigenvalue weighted by Crippen LogP contribution is -2.47. The summed E-state index contributed by atoms with van der Waals surface area (Å²) < 4.78 is 28.6. The maximum atomic E-state index is 14.5. The molecule has 0 saturated carbocycles. The average molecular weight is 419 g/mol. The van der Waals surface area contributed by atoms with Crippen LogP contribution in [0.15, 0.2) is 42.5 Å². The number of carbonyl (C=O) groups excluding carboxylic acids is 3. The molecule has 0 radical (unpaired) electrons. The van der Waals surface area contributed by atoms with Crippen molar-refractivity contribution < 1.29 is 28.4 Å². The van der Waals surface area contributed by atoms with Gasteiger partial charge in [-0.25, -0.2) is 14.3 Å². The molecule has 0 aliphatic rings. The summed E-state index contributed by atoms with van der Waals surface area (Å²) in [5, 5.41) is 11.4. The van der Waals surface area contributed by atoms with Crippen molar-refractivity contribution in [3.05, 3.63) is 70.8 Å². The van der Waals surface area contributed by atoms with Gasteiger partial charge in [-0.15, -0.1) is 0 Å². The van der Waals surface area contributed by atoms with Crippen molar-refractivity contribution in [3.63, 3.8) is 0 Å². The van der Waals surface area contributed by atoms with Crippen molar-refractivity contribution >= 4 is 17.7 Å². The molecule has 2 aromatic carbocycles. The van der Waals surface area contributed by atoms with Crippen molar-refractivity contribution in [2.45, 2.75) is 32.9 Å². The molecule has 0 aliphatic carbocycles. The van der Waals surface area contributed by atoms with Crippen molar-refractivity contribution in [3.8, 4) is 0 Å². The quantitative estimate of drug-likeness (QED) is 0.495. The third-order valence-corrected chi connectivity index (χ3v) is 4.02. The highest BCUT2D eigenvalue weighted by atomic mass is 19.1. The van der Waals surface area contributed by atoms with E-state index in [-0.39, 0.29) is 23.2 Å². The molecule has 0 unspecified atom stereocenters. The smallest absolute Gasteiger partial charge is 0.274 e. The van der Waals surface area contributed by atoms with E-state index in [4.69, 9.17) is 5.21 Å². The fourth-order valence-corrected chi connectivity index (χ4v) is 2.72. The Kier molecular flexibility index (Phi) is 7.23. The molecule has 30 heavy (non-hydrogen) atoms. The Morgan fingerprint density at radius 2 is 1.70 bits per heavy atom. The first-order chi connectivity index (χ1) is 14.0. The number of hydrogen-bond acceptors (Lipinski definition) is 4. The highest BCUT2D eigenvalue weighted by molar-refractivity contribution is 5.97. The number of hydrogen-bond donors (Lipinski definition) is 3. The van der Waals surface area contributed by atoms with E-state index in [0.29, 0.717) is 0 Å². The lowest BCUT2D eigenvalue weighted by Gasteiger charge is -2.26. The molecule has 0 atom stereocenters. The maximum absolute atomic E-state index is 14.5. The van der Waals surface area contributed by atoms with Crippen molar-refractivity contribution in [2.24, 2.45) is 0 Å². The van der Waals surface area contributed by atoms with Gasteiger partial charge >= 0.3 is 0 Å². The molecule has 9 heteroatoms. The van der Waals surface area contributed by atoms with Gasteiger partial charge in [0.25, 0.3) is 11.8 Å². The van der Waals surface area contributed by atoms with Crippen LogP contribution in [0.4, 0.5) is 8.78 Å². The van der Waals surface area contributed by atoms with Crippen LogP contribution in [0.1, 0.15) is 47.1 Å². The van der Waals surface area contributed by atoms with Crippen LogP contribution in [-0.2, 0) is 11.3 Å². The molecular formula is C21H23F2N3O4. The van der Waals surface area contributed by atoms with Crippen molar-refractivity contribution in [2.75, 3.05) is 6.54 Å². The zero-order valence-corrected chi connectivity index (χ0v) is 16.8. The van der Waals surface area contributed by atoms with Crippen molar-refractivity contribution in [1.82, 2.24) is 15.7 Å². The summed E-state index contributed by atoms with van der Waals surface area (Å²) in [5.41, 5.74) is 0.468. The van der Waals surface area contributed by atoms with Gasteiger partial charge in [0, 0.05) is 23.2 Å². The van der Waals surface area contributed by atoms with E-state index < -0.39 is 41.4 Å². The number of carbonyl (C=O) groups is 3. The van der Waals surface area contributed by atoms with Crippen molar-refractivity contribution in [1.29, 1.82) is 0 Å². The fraction of sp³-hybridized carbons (Fsp3) is 0.286. The summed E-state index contributed by atoms with van der Waals surface area (Å²) in [6.07, 6.45) is 0. The Bertz CT molecular complexity index is 958. The second-order valence-corrected chi connectivity index (χ2v) is 7.69. The van der Waals surface area contributed by atoms with Crippen LogP contribution in [-0.4, -0.2) is 39.9 Å². The highest BCUT2D eigenvalue weighted by Gasteiger charge is 2.24. The number of rotatable bonds is 6. The first-order valence-corrected chi connectivity index (χ1v) is 9.09. The molecule has 0 spiro atoms. The molecule has 3 N–H and O–H groups in total. The fourth-order valence-electron chi connectivity index (χ4n) is 2.72. The Hall–Kier alpha value is -3.33. The van der Waals surface area contributed by atoms with Crippen LogP contribution in [0.3, 0.4) is 0 Å². The lowest BCUT2D eigenvalue weighted by molar-refractivity contribution is -0.123. The number of benzene rings is 2. The second kappa shape index (κ2) is 9.45. The molecule has 2 aromatic rings. The number of amides is 3. The number of nitrogens with zero attached hydrogens (tertiary/aromatic N) is 1. The lowest BCUT2D eigenvalue weighted by atomic mass is 10.1. The minimum Gasteiger partial charge on any atom is -0.350 e. The molecule has 7 nitrogen and oxygen atoms in total. The van der Waals surface area contributed by atoms with E-state index in [0.717, 1.165) is 17.0 Å². The van der Waals surface area contributed by atoms with Gasteiger partial charge in [-0.05, 0) is 45.0 Å². The zero-order valence-electron chi connectivity index (χ0n) is 16.8. The molecule has 0 heterocycles. The average Bonchev–Trinajstić information content (AvgIpc) is 2.66. The molecule has 2 rings (SSSR count). The van der Waals surface area contributed by atoms with Gasteiger partial charge in [-0.2, -0.15) is 0 Å². The number of nitrogens with one attached hydrogen (secondary N) is 2. The van der Waals surface area contributed by atoms with Gasteiger partial charge < -0.3 is 10.2 Å². The first kappa shape index (κ1) is 23.0. The predicted octanol–water partition coefficient (Wildman–Crippen LogP) is 2.64. The topological polar surface area (TPSA) is 98.7 Å². The van der Waals surface area contributed by atoms with E-state index in [2.05, 4.69) is 5.32 Å². The molecular weight excluding hydrogens is 396 g/mol.